The number of para-hydroxylation sites is 1. The molecule has 6 nitrogen and oxygen atoms in total. The molecule has 0 spiro atoms. The summed E-state index contributed by atoms with van der Waals surface area (Å²) in [6, 6.07) is 8.79. The van der Waals surface area contributed by atoms with Gasteiger partial charge < -0.3 is 15.4 Å². The molecule has 0 aromatic heterocycles. The second-order valence-electron chi connectivity index (χ2n) is 5.79. The van der Waals surface area contributed by atoms with Crippen LogP contribution in [-0.2, 0) is 14.3 Å². The quantitative estimate of drug-likeness (QED) is 0.740. The molecule has 2 N–H and O–H groups in total. The third-order valence-electron chi connectivity index (χ3n) is 3.68. The summed E-state index contributed by atoms with van der Waals surface area (Å²) in [6.45, 7) is 2.85. The number of benzene rings is 2. The average Bonchev–Trinajstić information content (AvgIpc) is 2.61. The van der Waals surface area contributed by atoms with Gasteiger partial charge in [-0.2, -0.15) is 0 Å². The fourth-order valence-electron chi connectivity index (χ4n) is 2.29. The van der Waals surface area contributed by atoms with Crippen molar-refractivity contribution >= 4 is 35.1 Å². The minimum absolute atomic E-state index is 0.0568. The lowest BCUT2D eigenvalue weighted by Crippen LogP contribution is -2.35. The Morgan fingerprint density at radius 1 is 1.07 bits per heavy atom. The second-order valence-corrected chi connectivity index (χ2v) is 6.20. The van der Waals surface area contributed by atoms with E-state index in [2.05, 4.69) is 10.6 Å². The van der Waals surface area contributed by atoms with Gasteiger partial charge >= 0.3 is 5.97 Å². The molecule has 0 saturated carbocycles. The Morgan fingerprint density at radius 2 is 1.74 bits per heavy atom. The SMILES string of the molecule is Cc1cccc(C)c1NC(=O)CNC(=O)COC(=O)c1ccc(F)cc1Cl. The Balaban J connectivity index is 1.80. The Morgan fingerprint density at radius 3 is 2.37 bits per heavy atom. The monoisotopic (exact) mass is 392 g/mol. The number of halogens is 2. The molecule has 8 heteroatoms. The Hall–Kier alpha value is -2.93. The first kappa shape index (κ1) is 20.4. The molecule has 0 radical (unpaired) electrons. The molecule has 0 aliphatic rings. The van der Waals surface area contributed by atoms with Crippen LogP contribution in [0.15, 0.2) is 36.4 Å². The fourth-order valence-corrected chi connectivity index (χ4v) is 2.53. The molecule has 2 rings (SSSR count). The van der Waals surface area contributed by atoms with Crippen molar-refractivity contribution in [3.63, 3.8) is 0 Å². The van der Waals surface area contributed by atoms with Crippen LogP contribution in [0.5, 0.6) is 0 Å². The lowest BCUT2D eigenvalue weighted by molar-refractivity contribution is -0.126. The molecule has 27 heavy (non-hydrogen) atoms. The van der Waals surface area contributed by atoms with Crippen molar-refractivity contribution < 1.29 is 23.5 Å². The van der Waals surface area contributed by atoms with Gasteiger partial charge in [0.05, 0.1) is 17.1 Å². The van der Waals surface area contributed by atoms with Crippen molar-refractivity contribution in [2.75, 3.05) is 18.5 Å². The van der Waals surface area contributed by atoms with Gasteiger partial charge in [0.1, 0.15) is 5.82 Å². The van der Waals surface area contributed by atoms with Gasteiger partial charge in [-0.1, -0.05) is 29.8 Å². The fraction of sp³-hybridized carbons (Fsp3) is 0.211. The van der Waals surface area contributed by atoms with Crippen LogP contribution in [0, 0.1) is 19.7 Å². The van der Waals surface area contributed by atoms with Gasteiger partial charge in [0.25, 0.3) is 5.91 Å². The first-order chi connectivity index (χ1) is 12.8. The van der Waals surface area contributed by atoms with E-state index in [-0.39, 0.29) is 17.1 Å². The van der Waals surface area contributed by atoms with Crippen LogP contribution in [0.2, 0.25) is 5.02 Å². The predicted molar refractivity (Wildman–Crippen MR) is 99.2 cm³/mol. The number of nitrogens with one attached hydrogen (secondary N) is 2. The average molecular weight is 393 g/mol. The van der Waals surface area contributed by atoms with Gasteiger partial charge in [-0.05, 0) is 43.2 Å². The highest BCUT2D eigenvalue weighted by Crippen LogP contribution is 2.19. The molecule has 2 aromatic rings. The third-order valence-corrected chi connectivity index (χ3v) is 3.99. The zero-order chi connectivity index (χ0) is 20.0. The highest BCUT2D eigenvalue weighted by Gasteiger charge is 2.15. The van der Waals surface area contributed by atoms with Crippen LogP contribution in [0.4, 0.5) is 10.1 Å². The third kappa shape index (κ3) is 5.79. The summed E-state index contributed by atoms with van der Waals surface area (Å²) in [5.74, 6) is -2.52. The van der Waals surface area contributed by atoms with Crippen LogP contribution < -0.4 is 10.6 Å². The van der Waals surface area contributed by atoms with Crippen molar-refractivity contribution in [3.05, 3.63) is 63.9 Å². The van der Waals surface area contributed by atoms with E-state index in [1.807, 2.05) is 32.0 Å². The summed E-state index contributed by atoms with van der Waals surface area (Å²) >= 11 is 5.75. The van der Waals surface area contributed by atoms with Crippen molar-refractivity contribution in [1.29, 1.82) is 0 Å². The number of ether oxygens (including phenoxy) is 1. The Kier molecular flexibility index (Phi) is 6.90. The minimum Gasteiger partial charge on any atom is -0.452 e. The standard InChI is InChI=1S/C19H18ClFN2O4/c1-11-4-3-5-12(2)18(11)23-16(24)9-22-17(25)10-27-19(26)14-7-6-13(21)8-15(14)20/h3-8H,9-10H2,1-2H3,(H,22,25)(H,23,24). The van der Waals surface area contributed by atoms with Gasteiger partial charge in [-0.3, -0.25) is 9.59 Å². The van der Waals surface area contributed by atoms with E-state index >= 15 is 0 Å². The maximum absolute atomic E-state index is 13.0. The number of hydrogen-bond acceptors (Lipinski definition) is 4. The van der Waals surface area contributed by atoms with Gasteiger partial charge in [0, 0.05) is 5.69 Å². The van der Waals surface area contributed by atoms with Crippen molar-refractivity contribution in [2.24, 2.45) is 0 Å². The molecule has 0 saturated heterocycles. The Labute approximate surface area is 160 Å². The molecule has 2 aromatic carbocycles. The molecule has 0 aliphatic heterocycles. The van der Waals surface area contributed by atoms with E-state index in [4.69, 9.17) is 16.3 Å². The summed E-state index contributed by atoms with van der Waals surface area (Å²) in [7, 11) is 0. The molecule has 0 fully saturated rings. The molecular formula is C19H18ClFN2O4. The number of carbonyl (C=O) groups excluding carboxylic acids is 3. The molecule has 2 amide bonds. The van der Waals surface area contributed by atoms with E-state index < -0.39 is 30.2 Å². The lowest BCUT2D eigenvalue weighted by atomic mass is 10.1. The highest BCUT2D eigenvalue weighted by atomic mass is 35.5. The zero-order valence-corrected chi connectivity index (χ0v) is 15.5. The van der Waals surface area contributed by atoms with Crippen LogP contribution in [-0.4, -0.2) is 30.9 Å². The van der Waals surface area contributed by atoms with Gasteiger partial charge in [0.15, 0.2) is 6.61 Å². The van der Waals surface area contributed by atoms with E-state index in [1.165, 1.54) is 0 Å². The number of esters is 1. The number of rotatable bonds is 6. The minimum atomic E-state index is -0.866. The van der Waals surface area contributed by atoms with E-state index in [0.29, 0.717) is 5.69 Å². The summed E-state index contributed by atoms with van der Waals surface area (Å²) in [4.78, 5) is 35.6. The maximum Gasteiger partial charge on any atom is 0.340 e. The topological polar surface area (TPSA) is 84.5 Å². The van der Waals surface area contributed by atoms with Crippen molar-refractivity contribution in [1.82, 2.24) is 5.32 Å². The first-order valence-corrected chi connectivity index (χ1v) is 8.40. The number of hydrogen-bond donors (Lipinski definition) is 2. The zero-order valence-electron chi connectivity index (χ0n) is 14.8. The van der Waals surface area contributed by atoms with E-state index in [1.54, 1.807) is 0 Å². The largest absolute Gasteiger partial charge is 0.452 e. The summed E-state index contributed by atoms with van der Waals surface area (Å²) < 4.78 is 17.8. The smallest absolute Gasteiger partial charge is 0.340 e. The molecule has 0 bridgehead atoms. The molecule has 0 unspecified atom stereocenters. The molecule has 0 aliphatic carbocycles. The highest BCUT2D eigenvalue weighted by molar-refractivity contribution is 6.33. The number of anilines is 1. The maximum atomic E-state index is 13.0. The number of aryl methyl sites for hydroxylation is 2. The van der Waals surface area contributed by atoms with Gasteiger partial charge in [-0.15, -0.1) is 0 Å². The molecular weight excluding hydrogens is 375 g/mol. The first-order valence-electron chi connectivity index (χ1n) is 8.03. The molecule has 0 atom stereocenters. The van der Waals surface area contributed by atoms with Crippen LogP contribution in [0.1, 0.15) is 21.5 Å². The van der Waals surface area contributed by atoms with Crippen molar-refractivity contribution in [2.45, 2.75) is 13.8 Å². The second kappa shape index (κ2) is 9.14. The lowest BCUT2D eigenvalue weighted by Gasteiger charge is -2.12. The van der Waals surface area contributed by atoms with Crippen LogP contribution in [0.3, 0.4) is 0 Å². The van der Waals surface area contributed by atoms with Crippen LogP contribution in [0.25, 0.3) is 0 Å². The van der Waals surface area contributed by atoms with E-state index in [0.717, 1.165) is 29.3 Å². The van der Waals surface area contributed by atoms with Crippen molar-refractivity contribution in [3.8, 4) is 0 Å². The molecule has 142 valence electrons. The van der Waals surface area contributed by atoms with Crippen LogP contribution >= 0.6 is 11.6 Å². The van der Waals surface area contributed by atoms with Gasteiger partial charge in [0.2, 0.25) is 5.91 Å². The molecule has 0 heterocycles. The summed E-state index contributed by atoms with van der Waals surface area (Å²) in [5, 5.41) is 4.96. The number of carbonyl (C=O) groups is 3. The van der Waals surface area contributed by atoms with Gasteiger partial charge in [-0.25, -0.2) is 9.18 Å². The predicted octanol–water partition coefficient (Wildman–Crippen LogP) is 3.01. The summed E-state index contributed by atoms with van der Waals surface area (Å²) in [5.41, 5.74) is 2.44. The van der Waals surface area contributed by atoms with E-state index in [9.17, 15) is 18.8 Å². The Bertz CT molecular complexity index is 866. The number of amides is 2. The summed E-state index contributed by atoms with van der Waals surface area (Å²) in [6.07, 6.45) is 0. The normalized spacial score (nSPS) is 10.2.